The van der Waals surface area contributed by atoms with Gasteiger partial charge in [-0.25, -0.2) is 0 Å². The Morgan fingerprint density at radius 1 is 1.25 bits per heavy atom. The quantitative estimate of drug-likeness (QED) is 0.582. The number of benzene rings is 2. The van der Waals surface area contributed by atoms with Crippen LogP contribution in [0.4, 0.5) is 0 Å². The van der Waals surface area contributed by atoms with Crippen LogP contribution in [0.25, 0.3) is 0 Å². The Labute approximate surface area is 193 Å². The second-order valence-electron chi connectivity index (χ2n) is 8.56. The fourth-order valence-electron chi connectivity index (χ4n) is 4.00. The highest BCUT2D eigenvalue weighted by molar-refractivity contribution is 8.13. The van der Waals surface area contributed by atoms with Crippen LogP contribution in [-0.2, 0) is 22.4 Å². The van der Waals surface area contributed by atoms with E-state index in [9.17, 15) is 14.7 Å². The third-order valence-electron chi connectivity index (χ3n) is 6.24. The Morgan fingerprint density at radius 2 is 1.94 bits per heavy atom. The fourth-order valence-corrected chi connectivity index (χ4v) is 4.66. The van der Waals surface area contributed by atoms with Crippen LogP contribution >= 0.6 is 11.8 Å². The minimum Gasteiger partial charge on any atom is -0.507 e. The van der Waals surface area contributed by atoms with Crippen LogP contribution in [0.1, 0.15) is 41.2 Å². The van der Waals surface area contributed by atoms with Crippen LogP contribution in [0.2, 0.25) is 0 Å². The molecule has 0 saturated carbocycles. The molecular formula is C25H31NO5S. The number of fused-ring (bicyclic) bond motifs is 1. The predicted octanol–water partition coefficient (Wildman–Crippen LogP) is 4.06. The van der Waals surface area contributed by atoms with E-state index >= 15 is 0 Å². The Balaban J connectivity index is 1.66. The Bertz CT molecular complexity index is 1000. The molecule has 1 heterocycles. The maximum absolute atomic E-state index is 11.9. The molecule has 2 aromatic rings. The van der Waals surface area contributed by atoms with E-state index in [1.807, 2.05) is 52.0 Å². The minimum absolute atomic E-state index is 0.167. The predicted molar refractivity (Wildman–Crippen MR) is 128 cm³/mol. The van der Waals surface area contributed by atoms with Gasteiger partial charge in [0, 0.05) is 12.6 Å². The normalized spacial score (nSPS) is 18.3. The van der Waals surface area contributed by atoms with Crippen LogP contribution in [0.15, 0.2) is 24.3 Å². The molecule has 2 unspecified atom stereocenters. The van der Waals surface area contributed by atoms with E-state index in [-0.39, 0.29) is 5.91 Å². The van der Waals surface area contributed by atoms with E-state index < -0.39 is 10.9 Å². The summed E-state index contributed by atoms with van der Waals surface area (Å²) in [6, 6.07) is 7.57. The van der Waals surface area contributed by atoms with Gasteiger partial charge in [-0.15, -0.1) is 0 Å². The standard InChI is InChI=1S/C25H31NO5S/c1-15-16(2)23-20(17(3)22(15)28)10-11-25(4,31-23)13-30-19-8-6-18(7-9-19)12-21(32-14-27)24(29)26-5/h6-9,14,21,28H,10-13H2,1-5H3,(H,26,29). The van der Waals surface area contributed by atoms with Gasteiger partial charge in [-0.3, -0.25) is 9.59 Å². The highest BCUT2D eigenvalue weighted by Gasteiger charge is 2.35. The molecule has 0 spiro atoms. The first-order chi connectivity index (χ1) is 15.2. The molecule has 0 saturated heterocycles. The molecule has 1 aliphatic heterocycles. The van der Waals surface area contributed by atoms with Crippen molar-refractivity contribution in [2.24, 2.45) is 0 Å². The zero-order valence-electron chi connectivity index (χ0n) is 19.3. The lowest BCUT2D eigenvalue weighted by Crippen LogP contribution is -2.42. The number of phenols is 1. The number of amides is 1. The average molecular weight is 458 g/mol. The maximum Gasteiger partial charge on any atom is 0.233 e. The molecule has 0 fully saturated rings. The van der Waals surface area contributed by atoms with Crippen LogP contribution in [0, 0.1) is 20.8 Å². The summed E-state index contributed by atoms with van der Waals surface area (Å²) in [6.07, 6.45) is 2.08. The van der Waals surface area contributed by atoms with Gasteiger partial charge in [-0.05, 0) is 81.3 Å². The summed E-state index contributed by atoms with van der Waals surface area (Å²) in [5.74, 6) is 1.77. The van der Waals surface area contributed by atoms with Gasteiger partial charge in [-0.1, -0.05) is 23.9 Å². The molecule has 0 radical (unpaired) electrons. The Morgan fingerprint density at radius 3 is 2.56 bits per heavy atom. The number of rotatable bonds is 8. The van der Waals surface area contributed by atoms with Crippen LogP contribution in [-0.4, -0.2) is 41.1 Å². The summed E-state index contributed by atoms with van der Waals surface area (Å²) in [5.41, 5.74) is 4.97. The number of phenolic OH excluding ortho intramolecular Hbond substituents is 1. The zero-order valence-corrected chi connectivity index (χ0v) is 20.1. The monoisotopic (exact) mass is 457 g/mol. The molecule has 172 valence electrons. The van der Waals surface area contributed by atoms with Crippen LogP contribution < -0.4 is 14.8 Å². The summed E-state index contributed by atoms with van der Waals surface area (Å²) in [5, 5.41) is 12.5. The van der Waals surface area contributed by atoms with Crippen molar-refractivity contribution in [3.63, 3.8) is 0 Å². The number of carbonyl (C=O) groups excluding carboxylic acids is 2. The van der Waals surface area contributed by atoms with E-state index in [0.29, 0.717) is 24.4 Å². The number of carbonyl (C=O) groups is 2. The topological polar surface area (TPSA) is 84.9 Å². The van der Waals surface area contributed by atoms with E-state index in [4.69, 9.17) is 9.47 Å². The number of thioether (sulfide) groups is 1. The molecule has 0 aromatic heterocycles. The van der Waals surface area contributed by atoms with Gasteiger partial charge in [0.1, 0.15) is 29.5 Å². The highest BCUT2D eigenvalue weighted by atomic mass is 32.2. The molecule has 6 nitrogen and oxygen atoms in total. The molecule has 0 bridgehead atoms. The Hall–Kier alpha value is -2.67. The van der Waals surface area contributed by atoms with Crippen molar-refractivity contribution in [3.05, 3.63) is 52.1 Å². The molecule has 2 aromatic carbocycles. The van der Waals surface area contributed by atoms with Gasteiger partial charge in [0.25, 0.3) is 0 Å². The number of nitrogens with one attached hydrogen (secondary N) is 1. The lowest BCUT2D eigenvalue weighted by atomic mass is 9.87. The third kappa shape index (κ3) is 5.04. The van der Waals surface area contributed by atoms with Crippen molar-refractivity contribution in [2.75, 3.05) is 13.7 Å². The number of hydrogen-bond acceptors (Lipinski definition) is 6. The lowest BCUT2D eigenvalue weighted by molar-refractivity contribution is -0.120. The van der Waals surface area contributed by atoms with Crippen molar-refractivity contribution in [2.45, 2.75) is 57.8 Å². The van der Waals surface area contributed by atoms with Gasteiger partial charge in [0.15, 0.2) is 5.62 Å². The number of hydrogen-bond donors (Lipinski definition) is 2. The second-order valence-corrected chi connectivity index (χ2v) is 9.59. The number of ether oxygens (including phenoxy) is 2. The van der Waals surface area contributed by atoms with Crippen LogP contribution in [0.5, 0.6) is 17.2 Å². The molecule has 1 amide bonds. The van der Waals surface area contributed by atoms with Gasteiger partial charge in [0.2, 0.25) is 5.91 Å². The van der Waals surface area contributed by atoms with Crippen molar-refractivity contribution in [1.29, 1.82) is 0 Å². The molecule has 3 rings (SSSR count). The summed E-state index contributed by atoms with van der Waals surface area (Å²) in [6.45, 7) is 8.27. The van der Waals surface area contributed by atoms with Gasteiger partial charge >= 0.3 is 0 Å². The SMILES string of the molecule is CNC(=O)C(Cc1ccc(OCC2(C)CCc3c(C)c(O)c(C)c(C)c3O2)cc1)SC=O. The van der Waals surface area contributed by atoms with Gasteiger partial charge < -0.3 is 19.9 Å². The van der Waals surface area contributed by atoms with E-state index in [0.717, 1.165) is 63.9 Å². The minimum atomic E-state index is -0.475. The van der Waals surface area contributed by atoms with Gasteiger partial charge in [0.05, 0.1) is 5.25 Å². The highest BCUT2D eigenvalue weighted by Crippen LogP contribution is 2.43. The number of aromatic hydroxyl groups is 1. The smallest absolute Gasteiger partial charge is 0.233 e. The third-order valence-corrected chi connectivity index (χ3v) is 7.06. The molecule has 0 aliphatic carbocycles. The molecule has 2 atom stereocenters. The lowest BCUT2D eigenvalue weighted by Gasteiger charge is -2.37. The van der Waals surface area contributed by atoms with E-state index in [2.05, 4.69) is 5.32 Å². The summed E-state index contributed by atoms with van der Waals surface area (Å²) < 4.78 is 12.5. The zero-order chi connectivity index (χ0) is 23.5. The largest absolute Gasteiger partial charge is 0.507 e. The van der Waals surface area contributed by atoms with E-state index in [1.165, 1.54) is 0 Å². The van der Waals surface area contributed by atoms with Crippen LogP contribution in [0.3, 0.4) is 0 Å². The average Bonchev–Trinajstić information content (AvgIpc) is 2.80. The summed E-state index contributed by atoms with van der Waals surface area (Å²) in [4.78, 5) is 22.8. The summed E-state index contributed by atoms with van der Waals surface area (Å²) in [7, 11) is 1.57. The van der Waals surface area contributed by atoms with Crippen molar-refractivity contribution in [1.82, 2.24) is 5.32 Å². The van der Waals surface area contributed by atoms with Crippen molar-refractivity contribution < 1.29 is 24.2 Å². The first-order valence-corrected chi connectivity index (χ1v) is 11.7. The molecule has 2 N–H and O–H groups in total. The second kappa shape index (κ2) is 9.86. The fraction of sp³-hybridized carbons (Fsp3) is 0.440. The summed E-state index contributed by atoms with van der Waals surface area (Å²) >= 11 is 0.979. The Kier molecular flexibility index (Phi) is 7.39. The first-order valence-electron chi connectivity index (χ1n) is 10.7. The van der Waals surface area contributed by atoms with Crippen molar-refractivity contribution >= 4 is 23.3 Å². The molecule has 32 heavy (non-hydrogen) atoms. The van der Waals surface area contributed by atoms with Crippen molar-refractivity contribution in [3.8, 4) is 17.2 Å². The first kappa shape index (κ1) is 24.0. The molecule has 7 heteroatoms. The molecular weight excluding hydrogens is 426 g/mol. The van der Waals surface area contributed by atoms with E-state index in [1.54, 1.807) is 7.05 Å². The maximum atomic E-state index is 11.9. The van der Waals surface area contributed by atoms with Gasteiger partial charge in [-0.2, -0.15) is 0 Å². The molecule has 1 aliphatic rings.